The summed E-state index contributed by atoms with van der Waals surface area (Å²) in [5.41, 5.74) is 1.79. The molecule has 2 heterocycles. The van der Waals surface area contributed by atoms with Crippen molar-refractivity contribution in [3.05, 3.63) is 70.0 Å². The maximum atomic E-state index is 14.2. The van der Waals surface area contributed by atoms with Crippen LogP contribution in [0.2, 0.25) is 0 Å². The Morgan fingerprint density at radius 1 is 1.05 bits per heavy atom. The van der Waals surface area contributed by atoms with Crippen molar-refractivity contribution in [1.29, 1.82) is 0 Å². The molecule has 2 aromatic carbocycles. The molecule has 2 fully saturated rings. The van der Waals surface area contributed by atoms with Crippen molar-refractivity contribution in [3.63, 3.8) is 0 Å². The molecule has 236 valence electrons. The first-order chi connectivity index (χ1) is 19.8. The molecule has 2 saturated heterocycles. The number of piperidine rings is 1. The summed E-state index contributed by atoms with van der Waals surface area (Å²) in [6.07, 6.45) is -8.99. The van der Waals surface area contributed by atoms with Gasteiger partial charge in [-0.15, -0.1) is 0 Å². The van der Waals surface area contributed by atoms with Crippen LogP contribution in [0.25, 0.3) is 0 Å². The van der Waals surface area contributed by atoms with Crippen LogP contribution in [-0.4, -0.2) is 48.1 Å². The molecule has 0 bridgehead atoms. The second kappa shape index (κ2) is 11.4. The summed E-state index contributed by atoms with van der Waals surface area (Å²) in [7, 11) is 1.30. The summed E-state index contributed by atoms with van der Waals surface area (Å²) in [4.78, 5) is 27.9. The number of carbonyl (C=O) groups excluding carboxylic acids is 2. The van der Waals surface area contributed by atoms with Gasteiger partial charge in [-0.3, -0.25) is 9.59 Å². The van der Waals surface area contributed by atoms with Gasteiger partial charge in [0.15, 0.2) is 0 Å². The molecule has 2 unspecified atom stereocenters. The lowest BCUT2D eigenvalue weighted by Crippen LogP contribution is -2.61. The fraction of sp³-hybridized carbons (Fsp3) is 0.533. The molecule has 5 atom stereocenters. The van der Waals surface area contributed by atoms with Crippen LogP contribution in [-0.2, 0) is 26.7 Å². The van der Waals surface area contributed by atoms with E-state index in [1.807, 2.05) is 0 Å². The number of alkyl halides is 6. The number of halogens is 7. The Kier molecular flexibility index (Phi) is 8.66. The quantitative estimate of drug-likeness (QED) is 0.324. The standard InChI is InChI=1S/C30H34F7N3O3/c1-16-9-22(31)5-6-23(16)24-14-28(13-19(15-39-28)25(41)43-4)7-8-40(24)26(42)27(3,38)17(2)18-10-20(29(32,33)34)12-21(11-18)30(35,36)37/h5-6,9-12,17,19,24,39H,7-8,13-15,38H2,1-4H3/t17-,19?,24-,27?,28-/m1/s1. The van der Waals surface area contributed by atoms with Gasteiger partial charge in [0.1, 0.15) is 5.82 Å². The van der Waals surface area contributed by atoms with Gasteiger partial charge in [-0.2, -0.15) is 26.3 Å². The van der Waals surface area contributed by atoms with Gasteiger partial charge < -0.3 is 20.7 Å². The Bertz CT molecular complexity index is 1360. The molecule has 4 rings (SSSR count). The third-order valence-electron chi connectivity index (χ3n) is 9.01. The Morgan fingerprint density at radius 2 is 1.65 bits per heavy atom. The summed E-state index contributed by atoms with van der Waals surface area (Å²) < 4.78 is 100. The van der Waals surface area contributed by atoms with E-state index in [1.165, 1.54) is 38.0 Å². The number of methoxy groups -OCH3 is 1. The van der Waals surface area contributed by atoms with E-state index in [-0.39, 0.29) is 24.1 Å². The molecule has 0 aliphatic carbocycles. The first-order valence-electron chi connectivity index (χ1n) is 13.8. The second-order valence-corrected chi connectivity index (χ2v) is 11.9. The number of esters is 1. The number of ether oxygens (including phenoxy) is 1. The number of aryl methyl sites for hydroxylation is 1. The lowest BCUT2D eigenvalue weighted by molar-refractivity contribution is -0.146. The van der Waals surface area contributed by atoms with Crippen LogP contribution in [0.3, 0.4) is 0 Å². The van der Waals surface area contributed by atoms with E-state index in [0.717, 1.165) is 0 Å². The molecule has 2 aromatic rings. The van der Waals surface area contributed by atoms with Crippen LogP contribution in [0.15, 0.2) is 36.4 Å². The lowest BCUT2D eigenvalue weighted by Gasteiger charge is -2.48. The highest BCUT2D eigenvalue weighted by atomic mass is 19.4. The molecule has 1 amide bonds. The summed E-state index contributed by atoms with van der Waals surface area (Å²) in [6.45, 7) is 4.76. The van der Waals surface area contributed by atoms with Crippen LogP contribution in [0, 0.1) is 18.7 Å². The topological polar surface area (TPSA) is 84.7 Å². The molecule has 0 aromatic heterocycles. The van der Waals surface area contributed by atoms with Crippen molar-refractivity contribution in [2.45, 2.75) is 75.4 Å². The number of hydrogen-bond acceptors (Lipinski definition) is 5. The average molecular weight is 618 g/mol. The van der Waals surface area contributed by atoms with Gasteiger partial charge in [-0.05, 0) is 80.1 Å². The predicted octanol–water partition coefficient (Wildman–Crippen LogP) is 5.88. The minimum atomic E-state index is -5.06. The Hall–Kier alpha value is -3.19. The van der Waals surface area contributed by atoms with Gasteiger partial charge in [0.2, 0.25) is 5.91 Å². The number of nitrogens with two attached hydrogens (primary N) is 1. The van der Waals surface area contributed by atoms with Crippen molar-refractivity contribution in [1.82, 2.24) is 10.2 Å². The molecule has 13 heteroatoms. The normalized spacial score (nSPS) is 25.0. The molecule has 1 spiro atoms. The lowest BCUT2D eigenvalue weighted by atomic mass is 9.75. The van der Waals surface area contributed by atoms with E-state index in [4.69, 9.17) is 10.5 Å². The number of benzene rings is 2. The summed E-state index contributed by atoms with van der Waals surface area (Å²) in [5, 5.41) is 3.40. The smallest absolute Gasteiger partial charge is 0.416 e. The number of rotatable bonds is 5. The van der Waals surface area contributed by atoms with Crippen molar-refractivity contribution in [2.24, 2.45) is 11.7 Å². The van der Waals surface area contributed by atoms with E-state index in [2.05, 4.69) is 5.32 Å². The summed E-state index contributed by atoms with van der Waals surface area (Å²) in [6, 6.07) is 4.62. The number of likely N-dealkylation sites (tertiary alicyclic amines) is 1. The van der Waals surface area contributed by atoms with E-state index in [0.29, 0.717) is 49.1 Å². The van der Waals surface area contributed by atoms with Gasteiger partial charge in [0.25, 0.3) is 0 Å². The highest BCUT2D eigenvalue weighted by Gasteiger charge is 2.51. The zero-order chi connectivity index (χ0) is 32.1. The number of nitrogens with zero attached hydrogens (tertiary/aromatic N) is 1. The molecular weight excluding hydrogens is 583 g/mol. The number of nitrogens with one attached hydrogen (secondary N) is 1. The highest BCUT2D eigenvalue weighted by molar-refractivity contribution is 5.87. The fourth-order valence-corrected chi connectivity index (χ4v) is 6.31. The van der Waals surface area contributed by atoms with E-state index in [1.54, 1.807) is 13.0 Å². The van der Waals surface area contributed by atoms with Crippen LogP contribution in [0.1, 0.15) is 72.9 Å². The van der Waals surface area contributed by atoms with Crippen molar-refractivity contribution in [3.8, 4) is 0 Å². The molecule has 3 N–H and O–H groups in total. The zero-order valence-electron chi connectivity index (χ0n) is 24.1. The SMILES string of the molecule is COC(=O)C1CN[C@]2(CCN(C(=O)C(C)(N)[C@H](C)c3cc(C(F)(F)F)cc(C(F)(F)F)c3)[C@@H](c3ccc(F)cc3C)C2)C1. The number of amides is 1. The molecular formula is C30H34F7N3O3. The van der Waals surface area contributed by atoms with Crippen LogP contribution < -0.4 is 11.1 Å². The molecule has 2 aliphatic rings. The number of carbonyl (C=O) groups is 2. The van der Waals surface area contributed by atoms with Crippen molar-refractivity contribution < 1.29 is 45.1 Å². The third-order valence-corrected chi connectivity index (χ3v) is 9.01. The third kappa shape index (κ3) is 6.52. The largest absolute Gasteiger partial charge is 0.469 e. The molecule has 43 heavy (non-hydrogen) atoms. The van der Waals surface area contributed by atoms with E-state index < -0.39 is 64.2 Å². The summed E-state index contributed by atoms with van der Waals surface area (Å²) >= 11 is 0. The average Bonchev–Trinajstić information content (AvgIpc) is 3.33. The Labute approximate surface area is 244 Å². The molecule has 6 nitrogen and oxygen atoms in total. The van der Waals surface area contributed by atoms with Gasteiger partial charge in [0.05, 0.1) is 35.7 Å². The van der Waals surface area contributed by atoms with Crippen molar-refractivity contribution in [2.75, 3.05) is 20.2 Å². The predicted molar refractivity (Wildman–Crippen MR) is 143 cm³/mol. The fourth-order valence-electron chi connectivity index (χ4n) is 6.31. The first kappa shape index (κ1) is 32.7. The molecule has 0 radical (unpaired) electrons. The second-order valence-electron chi connectivity index (χ2n) is 11.9. The first-order valence-corrected chi connectivity index (χ1v) is 13.8. The van der Waals surface area contributed by atoms with Gasteiger partial charge in [-0.1, -0.05) is 13.0 Å². The maximum Gasteiger partial charge on any atom is 0.416 e. The van der Waals surface area contributed by atoms with Crippen LogP contribution in [0.5, 0.6) is 0 Å². The Balaban J connectivity index is 1.72. The number of hydrogen-bond donors (Lipinski definition) is 2. The minimum Gasteiger partial charge on any atom is -0.469 e. The molecule has 2 aliphatic heterocycles. The van der Waals surface area contributed by atoms with Gasteiger partial charge >= 0.3 is 18.3 Å². The maximum absolute atomic E-state index is 14.2. The highest BCUT2D eigenvalue weighted by Crippen LogP contribution is 2.45. The van der Waals surface area contributed by atoms with Crippen molar-refractivity contribution >= 4 is 11.9 Å². The van der Waals surface area contributed by atoms with Crippen LogP contribution in [0.4, 0.5) is 30.7 Å². The Morgan fingerprint density at radius 3 is 2.19 bits per heavy atom. The minimum absolute atomic E-state index is 0.0273. The zero-order valence-corrected chi connectivity index (χ0v) is 24.1. The van der Waals surface area contributed by atoms with E-state index in [9.17, 15) is 40.3 Å². The monoisotopic (exact) mass is 617 g/mol. The van der Waals surface area contributed by atoms with Gasteiger partial charge in [0, 0.05) is 24.5 Å². The van der Waals surface area contributed by atoms with Crippen LogP contribution >= 0.6 is 0 Å². The summed E-state index contributed by atoms with van der Waals surface area (Å²) in [5.74, 6) is -3.22. The molecule has 0 saturated carbocycles. The van der Waals surface area contributed by atoms with E-state index >= 15 is 0 Å². The van der Waals surface area contributed by atoms with Gasteiger partial charge in [-0.25, -0.2) is 4.39 Å².